The molecule has 0 bridgehead atoms. The lowest BCUT2D eigenvalue weighted by molar-refractivity contribution is -0.136. The summed E-state index contributed by atoms with van der Waals surface area (Å²) >= 11 is 0. The Morgan fingerprint density at radius 2 is 2.00 bits per heavy atom. The summed E-state index contributed by atoms with van der Waals surface area (Å²) in [4.78, 5) is 22.7. The minimum absolute atomic E-state index is 0.0382. The number of fused-ring (bicyclic) bond motifs is 1. The number of carboxylic acid groups (broad SMARTS) is 1. The zero-order valence-corrected chi connectivity index (χ0v) is 14.7. The van der Waals surface area contributed by atoms with Crippen molar-refractivity contribution in [1.82, 2.24) is 0 Å². The van der Waals surface area contributed by atoms with Crippen molar-refractivity contribution >= 4 is 11.9 Å². The normalized spacial score (nSPS) is 16.6. The van der Waals surface area contributed by atoms with Crippen molar-refractivity contribution in [1.29, 1.82) is 0 Å². The molecule has 1 unspecified atom stereocenters. The van der Waals surface area contributed by atoms with Gasteiger partial charge in [0.25, 0.3) is 0 Å². The first-order valence-corrected chi connectivity index (χ1v) is 7.85. The first-order valence-electron chi connectivity index (χ1n) is 7.85. The maximum absolute atomic E-state index is 12.1. The van der Waals surface area contributed by atoms with Gasteiger partial charge < -0.3 is 24.4 Å². The number of esters is 1. The van der Waals surface area contributed by atoms with Gasteiger partial charge in [0.1, 0.15) is 17.1 Å². The molecule has 7 nitrogen and oxygen atoms in total. The molecule has 0 saturated carbocycles. The summed E-state index contributed by atoms with van der Waals surface area (Å²) in [5, 5.41) is 19.3. The lowest BCUT2D eigenvalue weighted by Crippen LogP contribution is -2.05. The summed E-state index contributed by atoms with van der Waals surface area (Å²) in [6.07, 6.45) is 1.70. The number of carbonyl (C=O) groups excluding carboxylic acids is 1. The molecular formula is C18H22O7. The number of phenolic OH excluding ortho intramolecular Hbond substituents is 1. The fourth-order valence-electron chi connectivity index (χ4n) is 2.95. The fraction of sp³-hybridized carbons (Fsp3) is 0.444. The second-order valence-corrected chi connectivity index (χ2v) is 5.90. The lowest BCUT2D eigenvalue weighted by atomic mass is 9.94. The van der Waals surface area contributed by atoms with Crippen molar-refractivity contribution < 1.29 is 34.0 Å². The van der Waals surface area contributed by atoms with E-state index < -0.39 is 18.2 Å². The first kappa shape index (κ1) is 18.8. The van der Waals surface area contributed by atoms with Gasteiger partial charge in [-0.1, -0.05) is 11.6 Å². The van der Waals surface area contributed by atoms with Crippen LogP contribution in [0.3, 0.4) is 0 Å². The van der Waals surface area contributed by atoms with E-state index in [0.29, 0.717) is 35.3 Å². The molecule has 1 aliphatic heterocycles. The highest BCUT2D eigenvalue weighted by Gasteiger charge is 2.38. The Morgan fingerprint density at radius 3 is 2.56 bits per heavy atom. The summed E-state index contributed by atoms with van der Waals surface area (Å²) in [5.74, 6) is -1.24. The zero-order chi connectivity index (χ0) is 18.7. The van der Waals surface area contributed by atoms with Crippen LogP contribution >= 0.6 is 0 Å². The highest BCUT2D eigenvalue weighted by Crippen LogP contribution is 2.46. The van der Waals surface area contributed by atoms with Crippen molar-refractivity contribution in [3.63, 3.8) is 0 Å². The standard InChI is InChI=1S/C18H22O7/c1-9(6-8-12(19)20)5-7-11-15(21)14-13(10(2)16(11)23-3)18(24-4)25-17(14)22/h5,18,21H,6-8H2,1-4H3,(H,19,20)/b9-5+. The molecule has 1 aromatic rings. The van der Waals surface area contributed by atoms with Gasteiger partial charge in [0, 0.05) is 30.2 Å². The topological polar surface area (TPSA) is 102 Å². The van der Waals surface area contributed by atoms with Gasteiger partial charge in [-0.25, -0.2) is 4.79 Å². The van der Waals surface area contributed by atoms with E-state index in [1.165, 1.54) is 14.2 Å². The number of hydrogen-bond donors (Lipinski definition) is 2. The molecule has 1 heterocycles. The van der Waals surface area contributed by atoms with E-state index in [1.807, 2.05) is 13.0 Å². The molecule has 0 spiro atoms. The summed E-state index contributed by atoms with van der Waals surface area (Å²) in [6.45, 7) is 3.59. The molecule has 0 radical (unpaired) electrons. The molecule has 0 aromatic heterocycles. The molecule has 2 N–H and O–H groups in total. The van der Waals surface area contributed by atoms with E-state index in [1.54, 1.807) is 6.92 Å². The molecule has 1 aromatic carbocycles. The van der Waals surface area contributed by atoms with Crippen LogP contribution in [0.4, 0.5) is 0 Å². The highest BCUT2D eigenvalue weighted by atomic mass is 16.7. The van der Waals surface area contributed by atoms with Gasteiger partial charge in [-0.3, -0.25) is 4.79 Å². The molecular weight excluding hydrogens is 328 g/mol. The van der Waals surface area contributed by atoms with Gasteiger partial charge >= 0.3 is 11.9 Å². The fourth-order valence-corrected chi connectivity index (χ4v) is 2.95. The van der Waals surface area contributed by atoms with Gasteiger partial charge in [-0.2, -0.15) is 0 Å². The Morgan fingerprint density at radius 1 is 1.32 bits per heavy atom. The largest absolute Gasteiger partial charge is 0.507 e. The number of rotatable bonds is 7. The Labute approximate surface area is 145 Å². The van der Waals surface area contributed by atoms with Crippen LogP contribution in [0.1, 0.15) is 53.1 Å². The van der Waals surface area contributed by atoms with E-state index in [0.717, 1.165) is 5.57 Å². The van der Waals surface area contributed by atoms with Crippen LogP contribution in [0.25, 0.3) is 0 Å². The minimum Gasteiger partial charge on any atom is -0.507 e. The molecule has 2 rings (SSSR count). The van der Waals surface area contributed by atoms with E-state index in [9.17, 15) is 14.7 Å². The average Bonchev–Trinajstić information content (AvgIpc) is 2.91. The number of allylic oxidation sites excluding steroid dienone is 2. The van der Waals surface area contributed by atoms with Gasteiger partial charge in [-0.05, 0) is 26.7 Å². The zero-order valence-electron chi connectivity index (χ0n) is 14.7. The van der Waals surface area contributed by atoms with Crippen molar-refractivity contribution in [3.8, 4) is 11.5 Å². The highest BCUT2D eigenvalue weighted by molar-refractivity contribution is 5.98. The molecule has 7 heteroatoms. The molecule has 0 amide bonds. The number of carboxylic acids is 1. The van der Waals surface area contributed by atoms with E-state index >= 15 is 0 Å². The Hall–Kier alpha value is -2.54. The number of benzene rings is 1. The van der Waals surface area contributed by atoms with Crippen LogP contribution in [0, 0.1) is 6.92 Å². The Bertz CT molecular complexity index is 734. The van der Waals surface area contributed by atoms with Crippen LogP contribution in [-0.4, -0.2) is 36.4 Å². The third-order valence-electron chi connectivity index (χ3n) is 4.27. The second kappa shape index (κ2) is 7.57. The van der Waals surface area contributed by atoms with Gasteiger partial charge in [0.2, 0.25) is 6.29 Å². The minimum atomic E-state index is -0.871. The van der Waals surface area contributed by atoms with E-state index in [4.69, 9.17) is 19.3 Å². The van der Waals surface area contributed by atoms with Crippen molar-refractivity contribution in [2.45, 2.75) is 39.4 Å². The van der Waals surface area contributed by atoms with E-state index in [-0.39, 0.29) is 17.7 Å². The van der Waals surface area contributed by atoms with Crippen LogP contribution in [-0.2, 0) is 20.7 Å². The second-order valence-electron chi connectivity index (χ2n) is 5.90. The van der Waals surface area contributed by atoms with Gasteiger partial charge in [0.15, 0.2) is 0 Å². The quantitative estimate of drug-likeness (QED) is 0.576. The first-order chi connectivity index (χ1) is 11.8. The number of ether oxygens (including phenoxy) is 3. The Balaban J connectivity index is 2.44. The van der Waals surface area contributed by atoms with Crippen LogP contribution in [0.5, 0.6) is 11.5 Å². The molecule has 0 saturated heterocycles. The van der Waals surface area contributed by atoms with Gasteiger partial charge in [0.05, 0.1) is 7.11 Å². The predicted molar refractivity (Wildman–Crippen MR) is 88.9 cm³/mol. The van der Waals surface area contributed by atoms with Crippen LogP contribution in [0.2, 0.25) is 0 Å². The number of carbonyl (C=O) groups is 2. The van der Waals surface area contributed by atoms with E-state index in [2.05, 4.69) is 0 Å². The number of hydrogen-bond acceptors (Lipinski definition) is 6. The molecule has 25 heavy (non-hydrogen) atoms. The maximum atomic E-state index is 12.1. The summed E-state index contributed by atoms with van der Waals surface area (Å²) in [5.41, 5.74) is 2.56. The van der Waals surface area contributed by atoms with Crippen LogP contribution in [0.15, 0.2) is 11.6 Å². The number of cyclic esters (lactones) is 1. The van der Waals surface area contributed by atoms with Crippen LogP contribution < -0.4 is 4.74 Å². The monoisotopic (exact) mass is 350 g/mol. The number of methoxy groups -OCH3 is 2. The summed E-state index contributed by atoms with van der Waals surface area (Å²) < 4.78 is 15.7. The molecule has 1 aliphatic rings. The third kappa shape index (κ3) is 3.61. The predicted octanol–water partition coefficient (Wildman–Crippen LogP) is 2.88. The molecule has 1 atom stereocenters. The SMILES string of the molecule is COc1c(C)c2c(c(O)c1C/C=C(\C)CCC(=O)O)C(=O)OC2OC. The summed E-state index contributed by atoms with van der Waals surface area (Å²) in [7, 11) is 2.90. The average molecular weight is 350 g/mol. The smallest absolute Gasteiger partial charge is 0.345 e. The number of aliphatic carboxylic acids is 1. The molecule has 136 valence electrons. The van der Waals surface area contributed by atoms with Gasteiger partial charge in [-0.15, -0.1) is 0 Å². The maximum Gasteiger partial charge on any atom is 0.345 e. The molecule has 0 aliphatic carbocycles. The van der Waals surface area contributed by atoms with Crippen molar-refractivity contribution in [3.05, 3.63) is 33.9 Å². The lowest BCUT2D eigenvalue weighted by Gasteiger charge is -2.17. The third-order valence-corrected chi connectivity index (χ3v) is 4.27. The number of phenols is 1. The number of aromatic hydroxyl groups is 1. The van der Waals surface area contributed by atoms with Crippen molar-refractivity contribution in [2.24, 2.45) is 0 Å². The molecule has 0 fully saturated rings. The van der Waals surface area contributed by atoms with Crippen molar-refractivity contribution in [2.75, 3.05) is 14.2 Å². The summed E-state index contributed by atoms with van der Waals surface area (Å²) in [6, 6.07) is 0. The Kier molecular flexibility index (Phi) is 5.69.